The van der Waals surface area contributed by atoms with Crippen molar-refractivity contribution in [1.82, 2.24) is 14.5 Å². The van der Waals surface area contributed by atoms with Crippen molar-refractivity contribution in [2.75, 3.05) is 13.1 Å². The van der Waals surface area contributed by atoms with Crippen LogP contribution in [0.1, 0.15) is 51.4 Å². The second-order valence-corrected chi connectivity index (χ2v) is 7.14. The van der Waals surface area contributed by atoms with Crippen LogP contribution in [0.5, 0.6) is 0 Å². The predicted molar refractivity (Wildman–Crippen MR) is 94.5 cm³/mol. The van der Waals surface area contributed by atoms with Crippen molar-refractivity contribution in [1.29, 1.82) is 0 Å². The first-order chi connectivity index (χ1) is 11.9. The standard InChI is InChI=1S/C19H25F2N3O/c1-4-6-15(24-10-5-7-12(2)11-24)18-22-14-9-8-13(20)17(21)16(14)19(25)23(18)3/h8-9,12,15H,4-7,10-11H2,1-3H3/t12-,15-/m1/s1. The number of fused-ring (bicyclic) bond motifs is 1. The summed E-state index contributed by atoms with van der Waals surface area (Å²) in [5.74, 6) is -0.888. The van der Waals surface area contributed by atoms with Gasteiger partial charge >= 0.3 is 0 Å². The van der Waals surface area contributed by atoms with Crippen molar-refractivity contribution in [3.63, 3.8) is 0 Å². The normalized spacial score (nSPS) is 20.1. The Bertz CT molecular complexity index is 834. The van der Waals surface area contributed by atoms with Crippen molar-refractivity contribution in [3.05, 3.63) is 39.9 Å². The summed E-state index contributed by atoms with van der Waals surface area (Å²) in [5, 5.41) is -0.270. The maximum atomic E-state index is 14.1. The highest BCUT2D eigenvalue weighted by Crippen LogP contribution is 2.29. The number of piperidine rings is 1. The number of benzene rings is 1. The SMILES string of the molecule is CCC[C@H](c1nc2ccc(F)c(F)c2c(=O)n1C)N1CCC[C@@H](C)C1. The first-order valence-corrected chi connectivity index (χ1v) is 9.02. The number of halogens is 2. The van der Waals surface area contributed by atoms with E-state index in [1.807, 2.05) is 0 Å². The Labute approximate surface area is 146 Å². The van der Waals surface area contributed by atoms with Crippen molar-refractivity contribution >= 4 is 10.9 Å². The summed E-state index contributed by atoms with van der Waals surface area (Å²) in [4.78, 5) is 19.6. The molecule has 0 spiro atoms. The number of hydrogen-bond acceptors (Lipinski definition) is 3. The van der Waals surface area contributed by atoms with Gasteiger partial charge in [0.1, 0.15) is 11.2 Å². The molecule has 0 bridgehead atoms. The van der Waals surface area contributed by atoms with Crippen LogP contribution < -0.4 is 5.56 Å². The van der Waals surface area contributed by atoms with E-state index in [9.17, 15) is 13.6 Å². The molecular weight excluding hydrogens is 324 g/mol. The Morgan fingerprint density at radius 2 is 2.12 bits per heavy atom. The molecule has 0 aliphatic carbocycles. The summed E-state index contributed by atoms with van der Waals surface area (Å²) < 4.78 is 29.0. The minimum atomic E-state index is -1.12. The quantitative estimate of drug-likeness (QED) is 0.843. The molecule has 2 atom stereocenters. The van der Waals surface area contributed by atoms with Gasteiger partial charge in [0, 0.05) is 13.6 Å². The number of aromatic nitrogens is 2. The fraction of sp³-hybridized carbons (Fsp3) is 0.579. The highest BCUT2D eigenvalue weighted by molar-refractivity contribution is 5.78. The topological polar surface area (TPSA) is 38.1 Å². The highest BCUT2D eigenvalue weighted by Gasteiger charge is 2.28. The molecule has 2 aromatic rings. The van der Waals surface area contributed by atoms with Crippen LogP contribution in [0.3, 0.4) is 0 Å². The molecule has 0 radical (unpaired) electrons. The van der Waals surface area contributed by atoms with Crippen LogP contribution in [0, 0.1) is 17.6 Å². The van der Waals surface area contributed by atoms with Crippen LogP contribution in [-0.4, -0.2) is 27.5 Å². The van der Waals surface area contributed by atoms with Crippen LogP contribution >= 0.6 is 0 Å². The lowest BCUT2D eigenvalue weighted by Gasteiger charge is -2.37. The van der Waals surface area contributed by atoms with E-state index in [4.69, 9.17) is 0 Å². The van der Waals surface area contributed by atoms with E-state index in [1.165, 1.54) is 17.1 Å². The maximum absolute atomic E-state index is 14.1. The van der Waals surface area contributed by atoms with Gasteiger partial charge in [-0.05, 0) is 43.9 Å². The number of nitrogens with zero attached hydrogens (tertiary/aromatic N) is 3. The first kappa shape index (κ1) is 18.0. The maximum Gasteiger partial charge on any atom is 0.264 e. The van der Waals surface area contributed by atoms with Gasteiger partial charge in [0.2, 0.25) is 0 Å². The molecule has 1 aliphatic heterocycles. The predicted octanol–water partition coefficient (Wildman–Crippen LogP) is 3.78. The number of rotatable bonds is 4. The summed E-state index contributed by atoms with van der Waals surface area (Å²) in [5.41, 5.74) is -0.300. The lowest BCUT2D eigenvalue weighted by Crippen LogP contribution is -2.40. The van der Waals surface area contributed by atoms with Crippen LogP contribution in [0.25, 0.3) is 10.9 Å². The number of hydrogen-bond donors (Lipinski definition) is 0. The van der Waals surface area contributed by atoms with E-state index in [0.29, 0.717) is 11.7 Å². The van der Waals surface area contributed by atoms with Gasteiger partial charge in [-0.15, -0.1) is 0 Å². The molecule has 3 rings (SSSR count). The molecule has 6 heteroatoms. The smallest absolute Gasteiger partial charge is 0.264 e. The molecule has 4 nitrogen and oxygen atoms in total. The third kappa shape index (κ3) is 3.32. The highest BCUT2D eigenvalue weighted by atomic mass is 19.2. The molecule has 1 aliphatic rings. The van der Waals surface area contributed by atoms with Gasteiger partial charge in [0.05, 0.1) is 11.6 Å². The third-order valence-electron chi connectivity index (χ3n) is 5.16. The van der Waals surface area contributed by atoms with Gasteiger partial charge < -0.3 is 0 Å². The monoisotopic (exact) mass is 349 g/mol. The first-order valence-electron chi connectivity index (χ1n) is 9.02. The van der Waals surface area contributed by atoms with Gasteiger partial charge in [-0.2, -0.15) is 0 Å². The lowest BCUT2D eigenvalue weighted by atomic mass is 9.97. The number of likely N-dealkylation sites (tertiary alicyclic amines) is 1. The van der Waals surface area contributed by atoms with Crippen LogP contribution in [0.4, 0.5) is 8.78 Å². The van der Waals surface area contributed by atoms with Gasteiger partial charge in [0.25, 0.3) is 5.56 Å². The van der Waals surface area contributed by atoms with Gasteiger partial charge in [-0.1, -0.05) is 20.3 Å². The van der Waals surface area contributed by atoms with Crippen LogP contribution in [-0.2, 0) is 7.05 Å². The van der Waals surface area contributed by atoms with Gasteiger partial charge in [-0.3, -0.25) is 14.3 Å². The molecule has 0 unspecified atom stereocenters. The van der Waals surface area contributed by atoms with Crippen LogP contribution in [0.15, 0.2) is 16.9 Å². The molecule has 1 saturated heterocycles. The van der Waals surface area contributed by atoms with Crippen LogP contribution in [0.2, 0.25) is 0 Å². The van der Waals surface area contributed by atoms with Crippen molar-refractivity contribution in [2.45, 2.75) is 45.6 Å². The summed E-state index contributed by atoms with van der Waals surface area (Å²) in [7, 11) is 1.60. The van der Waals surface area contributed by atoms with Crippen molar-refractivity contribution in [2.24, 2.45) is 13.0 Å². The Hall–Kier alpha value is -1.82. The fourth-order valence-electron chi connectivity index (χ4n) is 3.86. The second kappa shape index (κ2) is 7.20. The molecule has 2 heterocycles. The zero-order valence-electron chi connectivity index (χ0n) is 15.1. The Balaban J connectivity index is 2.13. The summed E-state index contributed by atoms with van der Waals surface area (Å²) in [6.07, 6.45) is 4.18. The van der Waals surface area contributed by atoms with E-state index in [0.717, 1.165) is 38.4 Å². The summed E-state index contributed by atoms with van der Waals surface area (Å²) >= 11 is 0. The zero-order valence-corrected chi connectivity index (χ0v) is 15.1. The molecular formula is C19H25F2N3O. The average Bonchev–Trinajstić information content (AvgIpc) is 2.59. The van der Waals surface area contributed by atoms with E-state index in [1.54, 1.807) is 7.05 Å². The lowest BCUT2D eigenvalue weighted by molar-refractivity contribution is 0.115. The largest absolute Gasteiger partial charge is 0.298 e. The van der Waals surface area contributed by atoms with E-state index < -0.39 is 17.2 Å². The Kier molecular flexibility index (Phi) is 5.18. The van der Waals surface area contributed by atoms with Gasteiger partial charge in [-0.25, -0.2) is 13.8 Å². The molecule has 0 amide bonds. The summed E-state index contributed by atoms with van der Waals surface area (Å²) in [6.45, 7) is 6.28. The molecule has 0 N–H and O–H groups in total. The van der Waals surface area contributed by atoms with E-state index in [-0.39, 0.29) is 16.9 Å². The van der Waals surface area contributed by atoms with E-state index in [2.05, 4.69) is 23.7 Å². The molecule has 1 aromatic heterocycles. The molecule has 136 valence electrons. The Morgan fingerprint density at radius 1 is 1.36 bits per heavy atom. The fourth-order valence-corrected chi connectivity index (χ4v) is 3.86. The minimum Gasteiger partial charge on any atom is -0.298 e. The zero-order chi connectivity index (χ0) is 18.1. The van der Waals surface area contributed by atoms with Gasteiger partial charge in [0.15, 0.2) is 11.6 Å². The summed E-state index contributed by atoms with van der Waals surface area (Å²) in [6, 6.07) is 2.44. The molecule has 25 heavy (non-hydrogen) atoms. The molecule has 1 fully saturated rings. The minimum absolute atomic E-state index is 0.0166. The average molecular weight is 349 g/mol. The second-order valence-electron chi connectivity index (χ2n) is 7.14. The third-order valence-corrected chi connectivity index (χ3v) is 5.16. The van der Waals surface area contributed by atoms with Crippen molar-refractivity contribution < 1.29 is 8.78 Å². The molecule has 1 aromatic carbocycles. The van der Waals surface area contributed by atoms with E-state index >= 15 is 0 Å². The Morgan fingerprint density at radius 3 is 2.80 bits per heavy atom. The van der Waals surface area contributed by atoms with Crippen molar-refractivity contribution in [3.8, 4) is 0 Å². The molecule has 0 saturated carbocycles.